The summed E-state index contributed by atoms with van der Waals surface area (Å²) in [7, 11) is 0. The smallest absolute Gasteiger partial charge is 0.444 e. The summed E-state index contributed by atoms with van der Waals surface area (Å²) < 4.78 is 53.3. The molecule has 14 heteroatoms. The number of nitrogens with zero attached hydrogens (tertiary/aromatic N) is 4. The molecule has 1 saturated heterocycles. The van der Waals surface area contributed by atoms with Crippen LogP contribution in [0.2, 0.25) is 0 Å². The van der Waals surface area contributed by atoms with Crippen LogP contribution >= 0.6 is 0 Å². The van der Waals surface area contributed by atoms with Crippen molar-refractivity contribution >= 4 is 11.7 Å². The minimum absolute atomic E-state index is 0.0115. The van der Waals surface area contributed by atoms with E-state index in [4.69, 9.17) is 9.47 Å². The second kappa shape index (κ2) is 10.5. The molecule has 4 rings (SSSR count). The molecule has 0 radical (unpaired) electrons. The van der Waals surface area contributed by atoms with Gasteiger partial charge in [-0.1, -0.05) is 12.1 Å². The number of nitro groups is 1. The van der Waals surface area contributed by atoms with E-state index in [0.29, 0.717) is 19.6 Å². The van der Waals surface area contributed by atoms with E-state index < -0.39 is 11.3 Å². The van der Waals surface area contributed by atoms with E-state index in [1.807, 2.05) is 4.90 Å². The number of imidazole rings is 1. The minimum Gasteiger partial charge on any atom is -0.444 e. The Morgan fingerprint density at radius 3 is 2.63 bits per heavy atom. The zero-order valence-corrected chi connectivity index (χ0v) is 18.6. The van der Waals surface area contributed by atoms with Gasteiger partial charge in [0.25, 0.3) is 0 Å². The average molecular weight is 499 g/mol. The lowest BCUT2D eigenvalue weighted by atomic mass is 10.1. The van der Waals surface area contributed by atoms with Crippen molar-refractivity contribution in [3.05, 3.63) is 46.1 Å². The molecule has 0 bridgehead atoms. The second-order valence-electron chi connectivity index (χ2n) is 8.34. The molecule has 1 amide bonds. The van der Waals surface area contributed by atoms with Crippen molar-refractivity contribution in [1.82, 2.24) is 19.8 Å². The van der Waals surface area contributed by atoms with Gasteiger partial charge in [0, 0.05) is 18.1 Å². The molecule has 2 aliphatic rings. The van der Waals surface area contributed by atoms with Crippen molar-refractivity contribution in [3.8, 4) is 11.8 Å². The third-order valence-corrected chi connectivity index (χ3v) is 5.65. The number of piperidine rings is 1. The topological polar surface area (TPSA) is 121 Å². The van der Waals surface area contributed by atoms with Gasteiger partial charge >= 0.3 is 18.2 Å². The maximum Gasteiger partial charge on any atom is 0.573 e. The zero-order chi connectivity index (χ0) is 25.0. The molecular weight excluding hydrogens is 475 g/mol. The van der Waals surface area contributed by atoms with Gasteiger partial charge in [0.2, 0.25) is 5.91 Å². The van der Waals surface area contributed by atoms with E-state index >= 15 is 0 Å². The highest BCUT2D eigenvalue weighted by Gasteiger charge is 2.31. The number of carbonyl (C=O) groups is 1. The zero-order valence-electron chi connectivity index (χ0n) is 18.6. The number of hydrogen-bond donors (Lipinski definition) is 1. The molecule has 1 aromatic carbocycles. The second-order valence-corrected chi connectivity index (χ2v) is 8.34. The van der Waals surface area contributed by atoms with Gasteiger partial charge in [-0.05, 0) is 35.5 Å². The predicted octanol–water partition coefficient (Wildman–Crippen LogP) is 2.25. The number of amides is 1. The van der Waals surface area contributed by atoms with Crippen molar-refractivity contribution in [2.24, 2.45) is 0 Å². The molecular formula is C21H24F3N5O6. The van der Waals surface area contributed by atoms with Crippen LogP contribution in [0.5, 0.6) is 11.8 Å². The Kier molecular flexibility index (Phi) is 7.40. The molecule has 11 nitrogen and oxygen atoms in total. The first-order chi connectivity index (χ1) is 16.6. The molecule has 1 N–H and O–H groups in total. The maximum atomic E-state index is 12.5. The third-order valence-electron chi connectivity index (χ3n) is 5.65. The van der Waals surface area contributed by atoms with E-state index in [-0.39, 0.29) is 55.4 Å². The summed E-state index contributed by atoms with van der Waals surface area (Å²) in [5.74, 6) is -0.749. The highest BCUT2D eigenvalue weighted by Crippen LogP contribution is 2.24. The molecule has 0 unspecified atom stereocenters. The number of alkyl halides is 3. The number of carbonyl (C=O) groups excluding carboxylic acids is 1. The Labute approximate surface area is 197 Å². The molecule has 35 heavy (non-hydrogen) atoms. The fourth-order valence-electron chi connectivity index (χ4n) is 3.98. The van der Waals surface area contributed by atoms with Gasteiger partial charge in [-0.15, -0.1) is 13.2 Å². The highest BCUT2D eigenvalue weighted by atomic mass is 19.4. The van der Waals surface area contributed by atoms with Crippen LogP contribution in [-0.4, -0.2) is 70.0 Å². The number of rotatable bonds is 8. The summed E-state index contributed by atoms with van der Waals surface area (Å²) in [5, 5.41) is 13.7. The summed E-state index contributed by atoms with van der Waals surface area (Å²) in [6, 6.07) is 5.40. The summed E-state index contributed by atoms with van der Waals surface area (Å²) in [5.41, 5.74) is 0.738. The van der Waals surface area contributed by atoms with E-state index in [1.165, 1.54) is 35.0 Å². The number of benzene rings is 1. The third kappa shape index (κ3) is 7.05. The van der Waals surface area contributed by atoms with E-state index in [9.17, 15) is 28.1 Å². The molecule has 2 aliphatic heterocycles. The van der Waals surface area contributed by atoms with E-state index in [2.05, 4.69) is 15.0 Å². The van der Waals surface area contributed by atoms with Gasteiger partial charge in [-0.3, -0.25) is 14.3 Å². The molecule has 1 aromatic heterocycles. The molecule has 1 atom stereocenters. The Morgan fingerprint density at radius 2 is 1.97 bits per heavy atom. The lowest BCUT2D eigenvalue weighted by Gasteiger charge is -2.32. The SMILES string of the molecule is O=C(CN1CCC(OCc2ccc(OC(F)(F)F)cc2)CC1)N[C@@H]1COc2nc([N+](=O)[O-])cn2C1. The summed E-state index contributed by atoms with van der Waals surface area (Å²) >= 11 is 0. The van der Waals surface area contributed by atoms with Crippen LogP contribution in [0, 0.1) is 10.1 Å². The Balaban J connectivity index is 1.15. The number of halogens is 3. The lowest BCUT2D eigenvalue weighted by molar-refractivity contribution is -0.389. The van der Waals surface area contributed by atoms with E-state index in [1.54, 1.807) is 0 Å². The van der Waals surface area contributed by atoms with Crippen LogP contribution in [0.3, 0.4) is 0 Å². The minimum atomic E-state index is -4.72. The maximum absolute atomic E-state index is 12.5. The predicted molar refractivity (Wildman–Crippen MR) is 114 cm³/mol. The summed E-state index contributed by atoms with van der Waals surface area (Å²) in [6.45, 7) is 2.32. The van der Waals surface area contributed by atoms with Crippen LogP contribution < -0.4 is 14.8 Å². The first-order valence-electron chi connectivity index (χ1n) is 11.0. The number of aromatic nitrogens is 2. The lowest BCUT2D eigenvalue weighted by Crippen LogP contribution is -2.49. The number of nitrogens with one attached hydrogen (secondary N) is 1. The van der Waals surface area contributed by atoms with Crippen LogP contribution in [0.25, 0.3) is 0 Å². The van der Waals surface area contributed by atoms with Crippen LogP contribution in [-0.2, 0) is 22.7 Å². The average Bonchev–Trinajstić information content (AvgIpc) is 3.22. The molecule has 3 heterocycles. The first-order valence-corrected chi connectivity index (χ1v) is 11.0. The van der Waals surface area contributed by atoms with Crippen molar-refractivity contribution < 1.29 is 37.1 Å². The van der Waals surface area contributed by atoms with Gasteiger partial charge in [0.1, 0.15) is 18.6 Å². The number of fused-ring (bicyclic) bond motifs is 1. The van der Waals surface area contributed by atoms with Crippen molar-refractivity contribution in [2.45, 2.75) is 44.5 Å². The first kappa shape index (κ1) is 24.7. The molecule has 0 saturated carbocycles. The van der Waals surface area contributed by atoms with Gasteiger partial charge in [0.05, 0.1) is 31.8 Å². The van der Waals surface area contributed by atoms with Gasteiger partial charge in [0.15, 0.2) is 0 Å². The summed E-state index contributed by atoms with van der Waals surface area (Å²) in [6.07, 6.45) is -2.01. The molecule has 190 valence electrons. The van der Waals surface area contributed by atoms with Gasteiger partial charge in [-0.2, -0.15) is 0 Å². The van der Waals surface area contributed by atoms with Crippen LogP contribution in [0.1, 0.15) is 18.4 Å². The molecule has 0 spiro atoms. The fraction of sp³-hybridized carbons (Fsp3) is 0.524. The highest BCUT2D eigenvalue weighted by molar-refractivity contribution is 5.78. The van der Waals surface area contributed by atoms with E-state index in [0.717, 1.165) is 18.4 Å². The largest absolute Gasteiger partial charge is 0.573 e. The number of hydrogen-bond acceptors (Lipinski definition) is 8. The number of likely N-dealkylation sites (tertiary alicyclic amines) is 1. The Bertz CT molecular complexity index is 1040. The van der Waals surface area contributed by atoms with Crippen LogP contribution in [0.4, 0.5) is 19.0 Å². The van der Waals surface area contributed by atoms with Crippen molar-refractivity contribution in [2.75, 3.05) is 26.2 Å². The van der Waals surface area contributed by atoms with Gasteiger partial charge < -0.3 is 29.6 Å². The fourth-order valence-corrected chi connectivity index (χ4v) is 3.98. The Morgan fingerprint density at radius 1 is 1.26 bits per heavy atom. The van der Waals surface area contributed by atoms with Crippen LogP contribution in [0.15, 0.2) is 30.5 Å². The van der Waals surface area contributed by atoms with Crippen molar-refractivity contribution in [3.63, 3.8) is 0 Å². The standard InChI is InChI=1S/C21H24F3N5O6/c22-21(23,24)35-17-3-1-14(2-4-17)12-33-16-5-7-27(8-6-16)11-19(30)25-15-9-28-10-18(29(31)32)26-20(28)34-13-15/h1-4,10,15-16H,5-9,11-13H2,(H,25,30)/t15-/m0/s1. The number of ether oxygens (including phenoxy) is 3. The normalized spacial score (nSPS) is 19.0. The molecule has 1 fully saturated rings. The molecule has 2 aromatic rings. The monoisotopic (exact) mass is 499 g/mol. The van der Waals surface area contributed by atoms with Crippen molar-refractivity contribution in [1.29, 1.82) is 0 Å². The van der Waals surface area contributed by atoms with Gasteiger partial charge in [-0.25, -0.2) is 0 Å². The molecule has 0 aliphatic carbocycles. The quantitative estimate of drug-likeness (QED) is 0.434. The summed E-state index contributed by atoms with van der Waals surface area (Å²) in [4.78, 5) is 28.5. The Hall–Kier alpha value is -3.39.